The van der Waals surface area contributed by atoms with Gasteiger partial charge < -0.3 is 19.2 Å². The summed E-state index contributed by atoms with van der Waals surface area (Å²) in [5.74, 6) is 0. The van der Waals surface area contributed by atoms with Crippen molar-refractivity contribution in [3.63, 3.8) is 0 Å². The van der Waals surface area contributed by atoms with Crippen LogP contribution in [0, 0.1) is 0 Å². The summed E-state index contributed by atoms with van der Waals surface area (Å²) in [5, 5.41) is 0. The van der Waals surface area contributed by atoms with Crippen LogP contribution in [0.5, 0.6) is 0 Å². The maximum absolute atomic E-state index is 2.66. The molecular weight excluding hydrogens is 750 g/mol. The highest BCUT2D eigenvalue weighted by atomic mass is 15.3. The number of anilines is 8. The maximum atomic E-state index is 2.66. The van der Waals surface area contributed by atoms with Crippen molar-refractivity contribution in [1.29, 1.82) is 0 Å². The van der Waals surface area contributed by atoms with E-state index in [4.69, 9.17) is 0 Å². The minimum atomic E-state index is -0.226. The molecule has 0 N–H and O–H groups in total. The Kier molecular flexibility index (Phi) is 8.25. The van der Waals surface area contributed by atoms with E-state index in [1.165, 1.54) is 89.8 Å². The Labute approximate surface area is 370 Å². The van der Waals surface area contributed by atoms with Gasteiger partial charge in [-0.1, -0.05) is 178 Å². The summed E-state index contributed by atoms with van der Waals surface area (Å²) in [4.78, 5) is 10.6. The lowest BCUT2D eigenvalue weighted by atomic mass is 9.60. The first kappa shape index (κ1) is 38.8. The van der Waals surface area contributed by atoms with Crippen molar-refractivity contribution in [3.8, 4) is 0 Å². The van der Waals surface area contributed by atoms with Crippen molar-refractivity contribution in [2.45, 2.75) is 90.9 Å². The Morgan fingerprint density at radius 1 is 0.339 bits per heavy atom. The number of hydrogen-bond acceptors (Lipinski definition) is 4. The molecule has 0 fully saturated rings. The normalized spacial score (nSPS) is 16.6. The molecule has 11 rings (SSSR count). The molecule has 0 saturated carbocycles. The second-order valence-corrected chi connectivity index (χ2v) is 21.1. The molecule has 0 bridgehead atoms. The minimum Gasteiger partial charge on any atom is -0.360 e. The SMILES string of the molecule is CC(C)(C)c1ccc(N2B3c4ccccc4C(C)(C)c4ccccc4N3c3cc4c(cc32)N2B(c3ccccc3C(C)(C)c3ccccc32)N4c2ccc(C(C)(C)C)cc2)cc1. The number of rotatable bonds is 2. The largest absolute Gasteiger partial charge is 0.421 e. The first-order chi connectivity index (χ1) is 29.6. The van der Waals surface area contributed by atoms with E-state index in [-0.39, 0.29) is 35.6 Å². The van der Waals surface area contributed by atoms with E-state index in [2.05, 4.69) is 246 Å². The van der Waals surface area contributed by atoms with Crippen molar-refractivity contribution in [3.05, 3.63) is 191 Å². The summed E-state index contributed by atoms with van der Waals surface area (Å²) < 4.78 is 0. The molecule has 306 valence electrons. The van der Waals surface area contributed by atoms with Crippen LogP contribution in [0.3, 0.4) is 0 Å². The molecule has 0 amide bonds. The van der Waals surface area contributed by atoms with E-state index >= 15 is 0 Å². The van der Waals surface area contributed by atoms with E-state index in [0.29, 0.717) is 0 Å². The molecule has 0 atom stereocenters. The number of fused-ring (bicyclic) bond motifs is 14. The van der Waals surface area contributed by atoms with Gasteiger partial charge in [0.1, 0.15) is 0 Å². The van der Waals surface area contributed by atoms with Gasteiger partial charge in [0, 0.05) is 33.6 Å². The van der Waals surface area contributed by atoms with Crippen LogP contribution < -0.4 is 30.2 Å². The Hall–Kier alpha value is -6.13. The van der Waals surface area contributed by atoms with E-state index < -0.39 is 0 Å². The average molecular weight is 807 g/mol. The maximum Gasteiger partial charge on any atom is 0.421 e. The monoisotopic (exact) mass is 806 g/mol. The Morgan fingerprint density at radius 3 is 1.00 bits per heavy atom. The topological polar surface area (TPSA) is 13.0 Å². The van der Waals surface area contributed by atoms with Crippen molar-refractivity contribution in [2.24, 2.45) is 0 Å². The third-order valence-electron chi connectivity index (χ3n) is 14.6. The molecule has 0 saturated heterocycles. The Bertz CT molecular complexity index is 2720. The van der Waals surface area contributed by atoms with Gasteiger partial charge in [0.25, 0.3) is 0 Å². The van der Waals surface area contributed by atoms with Gasteiger partial charge in [0.15, 0.2) is 0 Å². The summed E-state index contributed by atoms with van der Waals surface area (Å²) in [7, 11) is 0. The van der Waals surface area contributed by atoms with Gasteiger partial charge in [-0.3, -0.25) is 0 Å². The lowest BCUT2D eigenvalue weighted by Gasteiger charge is -2.32. The summed E-state index contributed by atoms with van der Waals surface area (Å²) in [6.07, 6.45) is 0. The van der Waals surface area contributed by atoms with Crippen molar-refractivity contribution in [1.82, 2.24) is 0 Å². The summed E-state index contributed by atoms with van der Waals surface area (Å²) in [5.41, 5.74) is 20.0. The van der Waals surface area contributed by atoms with Crippen molar-refractivity contribution in [2.75, 3.05) is 19.2 Å². The van der Waals surface area contributed by atoms with Crippen LogP contribution >= 0.6 is 0 Å². The molecule has 0 spiro atoms. The molecule has 4 nitrogen and oxygen atoms in total. The van der Waals surface area contributed by atoms with Crippen LogP contribution in [0.2, 0.25) is 0 Å². The molecule has 0 radical (unpaired) electrons. The number of hydrogen-bond donors (Lipinski definition) is 0. The lowest BCUT2D eigenvalue weighted by molar-refractivity contribution is 0.590. The van der Waals surface area contributed by atoms with Crippen LogP contribution in [-0.4, -0.2) is 14.0 Å². The standard InChI is InChI=1S/C56H56B2N4/c1-53(2,3)37-27-31-39(32-28-37)59-49-35-52-50(36-51(49)61-47-25-17-13-21-43(47)55(7,8)41-19-11-15-23-45(41)57(59)61)60(40-33-29-38(30-34-40)54(4,5)6)58-46-24-16-12-20-42(46)56(9,10)44-22-14-18-26-48(44)62(52)58/h11-36H,1-10H3. The highest BCUT2D eigenvalue weighted by Crippen LogP contribution is 2.59. The predicted octanol–water partition coefficient (Wildman–Crippen LogP) is 12.9. The fraction of sp³-hybridized carbons (Fsp3) is 0.250. The minimum absolute atomic E-state index is 0.0416. The third-order valence-corrected chi connectivity index (χ3v) is 14.6. The average Bonchev–Trinajstić information content (AvgIpc) is 3.72. The summed E-state index contributed by atoms with van der Waals surface area (Å²) >= 11 is 0. The molecule has 4 aliphatic heterocycles. The van der Waals surface area contributed by atoms with Gasteiger partial charge >= 0.3 is 14.0 Å². The highest BCUT2D eigenvalue weighted by molar-refractivity contribution is 6.86. The molecule has 4 aliphatic rings. The zero-order chi connectivity index (χ0) is 43.1. The first-order valence-corrected chi connectivity index (χ1v) is 22.5. The van der Waals surface area contributed by atoms with Gasteiger partial charge in [-0.15, -0.1) is 0 Å². The molecule has 7 aromatic rings. The zero-order valence-corrected chi connectivity index (χ0v) is 38.0. The van der Waals surface area contributed by atoms with Crippen LogP contribution in [0.25, 0.3) is 0 Å². The molecule has 0 unspecified atom stereocenters. The fourth-order valence-corrected chi connectivity index (χ4v) is 11.3. The molecule has 0 aliphatic carbocycles. The molecule has 4 heterocycles. The first-order valence-electron chi connectivity index (χ1n) is 22.5. The van der Waals surface area contributed by atoms with E-state index in [9.17, 15) is 0 Å². The van der Waals surface area contributed by atoms with Crippen LogP contribution in [-0.2, 0) is 21.7 Å². The molecular formula is C56H56B2N4. The Balaban J connectivity index is 1.24. The number of nitrogens with zero attached hydrogens (tertiary/aromatic N) is 4. The highest BCUT2D eigenvalue weighted by Gasteiger charge is 2.54. The quantitative estimate of drug-likeness (QED) is 0.161. The van der Waals surface area contributed by atoms with Crippen LogP contribution in [0.1, 0.15) is 103 Å². The second kappa shape index (κ2) is 13.2. The van der Waals surface area contributed by atoms with E-state index in [1.807, 2.05) is 0 Å². The number of benzene rings is 7. The summed E-state index contributed by atoms with van der Waals surface area (Å²) in [6, 6.07) is 60.5. The van der Waals surface area contributed by atoms with Crippen LogP contribution in [0.15, 0.2) is 158 Å². The van der Waals surface area contributed by atoms with Crippen molar-refractivity contribution >= 4 is 70.4 Å². The van der Waals surface area contributed by atoms with E-state index in [0.717, 1.165) is 0 Å². The van der Waals surface area contributed by atoms with Gasteiger partial charge in [0.2, 0.25) is 0 Å². The number of para-hydroxylation sites is 2. The predicted molar refractivity (Wildman–Crippen MR) is 266 cm³/mol. The molecule has 62 heavy (non-hydrogen) atoms. The van der Waals surface area contributed by atoms with Gasteiger partial charge in [-0.2, -0.15) is 0 Å². The van der Waals surface area contributed by atoms with E-state index in [1.54, 1.807) is 0 Å². The smallest absolute Gasteiger partial charge is 0.360 e. The second-order valence-electron chi connectivity index (χ2n) is 21.1. The zero-order valence-electron chi connectivity index (χ0n) is 38.0. The fourth-order valence-electron chi connectivity index (χ4n) is 11.3. The summed E-state index contributed by atoms with van der Waals surface area (Å²) in [6.45, 7) is 23.2. The molecule has 0 aromatic heterocycles. The van der Waals surface area contributed by atoms with Crippen molar-refractivity contribution < 1.29 is 0 Å². The van der Waals surface area contributed by atoms with Gasteiger partial charge in [-0.25, -0.2) is 0 Å². The van der Waals surface area contributed by atoms with Crippen LogP contribution in [0.4, 0.5) is 45.5 Å². The molecule has 7 aromatic carbocycles. The lowest BCUT2D eigenvalue weighted by Crippen LogP contribution is -2.54. The van der Waals surface area contributed by atoms with Gasteiger partial charge in [-0.05, 0) is 104 Å². The molecule has 6 heteroatoms. The van der Waals surface area contributed by atoms with Gasteiger partial charge in [0.05, 0.1) is 22.7 Å². The Morgan fingerprint density at radius 2 is 0.645 bits per heavy atom. The third kappa shape index (κ3) is 5.47.